The number of rotatable bonds is 16. The number of nitro groups is 1. The number of benzene rings is 5. The zero-order valence-corrected chi connectivity index (χ0v) is 28.2. The molecule has 0 radical (unpaired) electrons. The molecule has 0 bridgehead atoms. The van der Waals surface area contributed by atoms with Gasteiger partial charge in [0.25, 0.3) is 0 Å². The van der Waals surface area contributed by atoms with E-state index in [-0.39, 0.29) is 43.1 Å². The molecule has 0 amide bonds. The normalized spacial score (nSPS) is 20.1. The van der Waals surface area contributed by atoms with Gasteiger partial charge in [0.1, 0.15) is 24.4 Å². The first-order valence-corrected chi connectivity index (χ1v) is 17.0. The zero-order valence-electron chi connectivity index (χ0n) is 28.2. The fourth-order valence-electron chi connectivity index (χ4n) is 6.18. The first-order chi connectivity index (χ1) is 25.6. The number of nitrogens with zero attached hydrogens (tertiary/aromatic N) is 3. The summed E-state index contributed by atoms with van der Waals surface area (Å²) in [5.41, 5.74) is 4.32. The van der Waals surface area contributed by atoms with E-state index in [1.165, 1.54) is 6.07 Å². The first kappa shape index (κ1) is 34.9. The molecular weight excluding hydrogens is 664 g/mol. The van der Waals surface area contributed by atoms with Crippen LogP contribution in [0, 0.1) is 10.1 Å². The molecule has 6 aromatic rings. The van der Waals surface area contributed by atoms with Crippen molar-refractivity contribution in [2.45, 2.75) is 57.1 Å². The van der Waals surface area contributed by atoms with Gasteiger partial charge in [-0.2, -0.15) is 0 Å². The number of hydrogen-bond acceptors (Lipinski definition) is 11. The molecule has 52 heavy (non-hydrogen) atoms. The van der Waals surface area contributed by atoms with Gasteiger partial charge < -0.3 is 29.0 Å². The Kier molecular flexibility index (Phi) is 11.5. The highest BCUT2D eigenvalue weighted by Crippen LogP contribution is 2.35. The molecule has 1 fully saturated rings. The predicted octanol–water partition coefficient (Wildman–Crippen LogP) is 7.24. The van der Waals surface area contributed by atoms with Gasteiger partial charge in [-0.05, 0) is 38.6 Å². The largest absolute Gasteiger partial charge is 0.374 e. The van der Waals surface area contributed by atoms with Crippen LogP contribution in [0.15, 0.2) is 138 Å². The van der Waals surface area contributed by atoms with Gasteiger partial charge in [0.05, 0.1) is 43.6 Å². The second kappa shape index (κ2) is 17.1. The Balaban J connectivity index is 1.25. The summed E-state index contributed by atoms with van der Waals surface area (Å²) in [7, 11) is 0. The lowest BCUT2D eigenvalue weighted by Crippen LogP contribution is -2.63. The standard InChI is InChI=1S/C40H38N4O8/c45-44(46)33-22-21-32(35-36(33)43-52-42-35)41-37-39(49-25-30-17-9-3-10-18-30)38(48-24-29-15-7-2-8-16-29)34(27-47-23-28-13-5-1-6-14-28)51-40(37)50-26-31-19-11-4-12-20-31/h1-22,34,37-41H,23-27H2/t34-,37-,38-,39-,40-/m1/s1. The van der Waals surface area contributed by atoms with E-state index in [4.69, 9.17) is 28.3 Å². The molecule has 2 heterocycles. The molecule has 12 heteroatoms. The van der Waals surface area contributed by atoms with Gasteiger partial charge in [-0.15, -0.1) is 0 Å². The number of nitro benzene ring substituents is 1. The summed E-state index contributed by atoms with van der Waals surface area (Å²) in [6.45, 7) is 1.35. The number of aromatic nitrogens is 2. The Morgan fingerprint density at radius 2 is 1.12 bits per heavy atom. The summed E-state index contributed by atoms with van der Waals surface area (Å²) in [5, 5.41) is 23.1. The molecule has 5 atom stereocenters. The third-order valence-electron chi connectivity index (χ3n) is 8.78. The minimum atomic E-state index is -0.895. The quantitative estimate of drug-likeness (QED) is 0.0806. The molecule has 1 N–H and O–H groups in total. The second-order valence-electron chi connectivity index (χ2n) is 12.4. The highest BCUT2D eigenvalue weighted by Gasteiger charge is 2.49. The lowest BCUT2D eigenvalue weighted by molar-refractivity contribution is -0.383. The van der Waals surface area contributed by atoms with E-state index in [9.17, 15) is 10.1 Å². The summed E-state index contributed by atoms with van der Waals surface area (Å²) in [6.07, 6.45) is -2.85. The fraction of sp³-hybridized carbons (Fsp3) is 0.250. The minimum absolute atomic E-state index is 0.0132. The molecule has 5 aromatic carbocycles. The summed E-state index contributed by atoms with van der Waals surface area (Å²) < 4.78 is 38.1. The van der Waals surface area contributed by atoms with Gasteiger partial charge >= 0.3 is 5.69 Å². The van der Waals surface area contributed by atoms with E-state index in [1.807, 2.05) is 121 Å². The van der Waals surface area contributed by atoms with Crippen molar-refractivity contribution in [3.63, 3.8) is 0 Å². The Morgan fingerprint density at radius 1 is 0.615 bits per heavy atom. The average molecular weight is 703 g/mol. The number of hydrogen-bond donors (Lipinski definition) is 1. The molecule has 0 spiro atoms. The van der Waals surface area contributed by atoms with E-state index in [1.54, 1.807) is 6.07 Å². The van der Waals surface area contributed by atoms with Crippen LogP contribution in [0.25, 0.3) is 11.0 Å². The van der Waals surface area contributed by atoms with E-state index >= 15 is 0 Å². The van der Waals surface area contributed by atoms with Crippen LogP contribution >= 0.6 is 0 Å². The monoisotopic (exact) mass is 702 g/mol. The van der Waals surface area contributed by atoms with E-state index < -0.39 is 35.6 Å². The van der Waals surface area contributed by atoms with E-state index in [0.717, 1.165) is 22.3 Å². The molecule has 1 aliphatic rings. The van der Waals surface area contributed by atoms with Gasteiger partial charge in [-0.3, -0.25) is 10.1 Å². The summed E-state index contributed by atoms with van der Waals surface area (Å²) in [4.78, 5) is 11.3. The van der Waals surface area contributed by atoms with Crippen molar-refractivity contribution >= 4 is 22.4 Å². The van der Waals surface area contributed by atoms with Crippen molar-refractivity contribution in [3.8, 4) is 0 Å². The molecule has 266 valence electrons. The Hall–Kier alpha value is -5.50. The van der Waals surface area contributed by atoms with E-state index in [0.29, 0.717) is 12.3 Å². The molecule has 1 aliphatic heterocycles. The van der Waals surface area contributed by atoms with Crippen molar-refractivity contribution in [2.75, 3.05) is 11.9 Å². The number of anilines is 1. The predicted molar refractivity (Wildman–Crippen MR) is 192 cm³/mol. The SMILES string of the molecule is O=[N+]([O-])c1ccc(N[C@H]2[C@H](OCc3ccccc3)O[C@H](COCc3ccccc3)[C@@H](OCc3ccccc3)[C@@H]2OCc2ccccc2)c2nonc12. The van der Waals surface area contributed by atoms with Crippen LogP contribution in [0.4, 0.5) is 11.4 Å². The van der Waals surface area contributed by atoms with Gasteiger partial charge in [0.15, 0.2) is 11.8 Å². The van der Waals surface area contributed by atoms with Gasteiger partial charge in [0.2, 0.25) is 5.52 Å². The molecule has 7 rings (SSSR count). The van der Waals surface area contributed by atoms with Crippen LogP contribution in [0.3, 0.4) is 0 Å². The second-order valence-corrected chi connectivity index (χ2v) is 12.4. The first-order valence-electron chi connectivity index (χ1n) is 17.0. The third kappa shape index (κ3) is 8.68. The minimum Gasteiger partial charge on any atom is -0.374 e. The topological polar surface area (TPSA) is 140 Å². The van der Waals surface area contributed by atoms with Crippen molar-refractivity contribution in [2.24, 2.45) is 0 Å². The Bertz CT molecular complexity index is 2000. The highest BCUT2D eigenvalue weighted by atomic mass is 16.7. The number of non-ortho nitro benzene ring substituents is 1. The summed E-state index contributed by atoms with van der Waals surface area (Å²) in [5.74, 6) is 0. The smallest absolute Gasteiger partial charge is 0.300 e. The molecule has 1 saturated heterocycles. The van der Waals surface area contributed by atoms with Crippen LogP contribution in [0.1, 0.15) is 22.3 Å². The molecule has 0 saturated carbocycles. The van der Waals surface area contributed by atoms with Crippen LogP contribution < -0.4 is 5.32 Å². The maximum atomic E-state index is 11.8. The maximum Gasteiger partial charge on any atom is 0.300 e. The molecule has 1 aromatic heterocycles. The Morgan fingerprint density at radius 3 is 1.67 bits per heavy atom. The summed E-state index contributed by atoms with van der Waals surface area (Å²) in [6, 6.07) is 41.7. The Labute approximate surface area is 300 Å². The number of fused-ring (bicyclic) bond motifs is 1. The molecule has 0 unspecified atom stereocenters. The lowest BCUT2D eigenvalue weighted by atomic mass is 9.95. The lowest BCUT2D eigenvalue weighted by Gasteiger charge is -2.46. The molecule has 0 aliphatic carbocycles. The van der Waals surface area contributed by atoms with Gasteiger partial charge in [0, 0.05) is 6.07 Å². The van der Waals surface area contributed by atoms with Crippen LogP contribution in [-0.2, 0) is 50.1 Å². The van der Waals surface area contributed by atoms with Gasteiger partial charge in [-0.1, -0.05) is 121 Å². The van der Waals surface area contributed by atoms with Crippen molar-refractivity contribution in [3.05, 3.63) is 166 Å². The highest BCUT2D eigenvalue weighted by molar-refractivity contribution is 5.93. The maximum absolute atomic E-state index is 11.8. The average Bonchev–Trinajstić information content (AvgIpc) is 3.69. The van der Waals surface area contributed by atoms with Gasteiger partial charge in [-0.25, -0.2) is 4.63 Å². The third-order valence-corrected chi connectivity index (χ3v) is 8.78. The van der Waals surface area contributed by atoms with Crippen LogP contribution in [-0.4, -0.2) is 52.5 Å². The van der Waals surface area contributed by atoms with Crippen molar-refractivity contribution < 1.29 is 33.2 Å². The molecule has 12 nitrogen and oxygen atoms in total. The van der Waals surface area contributed by atoms with Crippen molar-refractivity contribution in [1.29, 1.82) is 0 Å². The van der Waals surface area contributed by atoms with E-state index in [2.05, 4.69) is 15.6 Å². The van der Waals surface area contributed by atoms with Crippen molar-refractivity contribution in [1.82, 2.24) is 10.3 Å². The van der Waals surface area contributed by atoms with Crippen LogP contribution in [0.2, 0.25) is 0 Å². The number of ether oxygens (including phenoxy) is 5. The summed E-state index contributed by atoms with van der Waals surface area (Å²) >= 11 is 0. The zero-order chi connectivity index (χ0) is 35.5. The van der Waals surface area contributed by atoms with Crippen LogP contribution in [0.5, 0.6) is 0 Å². The number of nitrogens with one attached hydrogen (secondary N) is 1. The molecular formula is C40H38N4O8. The fourth-order valence-corrected chi connectivity index (χ4v) is 6.18.